The fraction of sp³-hybridized carbons (Fsp3) is 0.400. The van der Waals surface area contributed by atoms with Gasteiger partial charge in [-0.3, -0.25) is 4.79 Å². The van der Waals surface area contributed by atoms with E-state index in [1.54, 1.807) is 14.0 Å². The van der Waals surface area contributed by atoms with Crippen LogP contribution in [0.5, 0.6) is 5.75 Å². The number of nitrogens with zero attached hydrogens (tertiary/aromatic N) is 4. The molecule has 0 unspecified atom stereocenters. The van der Waals surface area contributed by atoms with Gasteiger partial charge in [0.25, 0.3) is 5.91 Å². The maximum absolute atomic E-state index is 13.1. The minimum Gasteiger partial charge on any atom is -0.495 e. The van der Waals surface area contributed by atoms with Gasteiger partial charge >= 0.3 is 6.09 Å². The van der Waals surface area contributed by atoms with E-state index < -0.39 is 22.0 Å². The summed E-state index contributed by atoms with van der Waals surface area (Å²) in [6, 6.07) is 9.66. The van der Waals surface area contributed by atoms with Gasteiger partial charge in [0, 0.05) is 38.3 Å². The van der Waals surface area contributed by atoms with Crippen LogP contribution in [0, 0.1) is 6.92 Å². The Morgan fingerprint density at radius 2 is 1.70 bits per heavy atom. The molecular formula is C25H30N4O6S2. The number of rotatable bonds is 6. The third-order valence-corrected chi connectivity index (χ3v) is 9.35. The molecule has 1 aromatic heterocycles. The third kappa shape index (κ3) is 5.27. The summed E-state index contributed by atoms with van der Waals surface area (Å²) in [7, 11) is -2.16. The number of carbonyl (C=O) groups is 2. The second kappa shape index (κ2) is 11.0. The highest BCUT2D eigenvalue weighted by Crippen LogP contribution is 2.30. The lowest BCUT2D eigenvalue weighted by Crippen LogP contribution is -2.50. The molecule has 2 heterocycles. The molecule has 1 aliphatic rings. The normalized spacial score (nSPS) is 15.2. The quantitative estimate of drug-likeness (QED) is 0.469. The molecule has 0 radical (unpaired) electrons. The standard InChI is InChI=1S/C25H30N4O6S2/c1-5-29-21-20(34-4)12-7-17(3)22(21)36-24(29)26-23(30)18-8-10-19(11-9-18)37(32,33)28-15-13-27(14-16-28)25(31)35-6-2/h7-12H,5-6,13-16H2,1-4H3. The van der Waals surface area contributed by atoms with Crippen molar-refractivity contribution in [1.29, 1.82) is 0 Å². The first-order valence-electron chi connectivity index (χ1n) is 12.0. The largest absolute Gasteiger partial charge is 0.495 e. The average Bonchev–Trinajstić information content (AvgIpc) is 3.28. The van der Waals surface area contributed by atoms with Gasteiger partial charge in [-0.2, -0.15) is 9.30 Å². The number of carbonyl (C=O) groups excluding carboxylic acids is 2. The van der Waals surface area contributed by atoms with Crippen LogP contribution in [0.3, 0.4) is 0 Å². The van der Waals surface area contributed by atoms with Crippen LogP contribution in [0.25, 0.3) is 10.2 Å². The third-order valence-electron chi connectivity index (χ3n) is 6.22. The molecule has 37 heavy (non-hydrogen) atoms. The second-order valence-electron chi connectivity index (χ2n) is 8.42. The number of fused-ring (bicyclic) bond motifs is 1. The first kappa shape index (κ1) is 26.8. The van der Waals surface area contributed by atoms with E-state index in [9.17, 15) is 18.0 Å². The minimum atomic E-state index is -3.77. The van der Waals surface area contributed by atoms with Crippen molar-refractivity contribution >= 4 is 43.6 Å². The Balaban J connectivity index is 1.56. The molecule has 0 saturated carbocycles. The van der Waals surface area contributed by atoms with Crippen LogP contribution >= 0.6 is 11.3 Å². The Labute approximate surface area is 219 Å². The summed E-state index contributed by atoms with van der Waals surface area (Å²) in [6.07, 6.45) is -0.442. The molecule has 3 aromatic rings. The maximum atomic E-state index is 13.1. The molecule has 0 aliphatic carbocycles. The summed E-state index contributed by atoms with van der Waals surface area (Å²) in [4.78, 5) is 31.4. The number of thiazole rings is 1. The molecule has 0 spiro atoms. The monoisotopic (exact) mass is 546 g/mol. The van der Waals surface area contributed by atoms with Gasteiger partial charge in [0.05, 0.1) is 23.3 Å². The van der Waals surface area contributed by atoms with Crippen molar-refractivity contribution in [1.82, 2.24) is 13.8 Å². The van der Waals surface area contributed by atoms with Crippen molar-refractivity contribution in [2.75, 3.05) is 39.9 Å². The highest BCUT2D eigenvalue weighted by atomic mass is 32.2. The van der Waals surface area contributed by atoms with Crippen molar-refractivity contribution in [3.05, 3.63) is 52.3 Å². The molecule has 0 bridgehead atoms. The highest BCUT2D eigenvalue weighted by molar-refractivity contribution is 7.89. The lowest BCUT2D eigenvalue weighted by atomic mass is 10.2. The average molecular weight is 547 g/mol. The number of amides is 2. The zero-order chi connectivity index (χ0) is 26.7. The van der Waals surface area contributed by atoms with E-state index in [4.69, 9.17) is 9.47 Å². The van der Waals surface area contributed by atoms with Crippen molar-refractivity contribution in [3.63, 3.8) is 0 Å². The summed E-state index contributed by atoms with van der Waals surface area (Å²) in [6.45, 7) is 7.42. The number of hydrogen-bond acceptors (Lipinski definition) is 7. The molecule has 0 N–H and O–H groups in total. The molecular weight excluding hydrogens is 516 g/mol. The van der Waals surface area contributed by atoms with Crippen molar-refractivity contribution in [3.8, 4) is 5.75 Å². The first-order chi connectivity index (χ1) is 17.7. The number of piperazine rings is 1. The van der Waals surface area contributed by atoms with Gasteiger partial charge in [-0.1, -0.05) is 17.4 Å². The van der Waals surface area contributed by atoms with E-state index in [-0.39, 0.29) is 43.2 Å². The maximum Gasteiger partial charge on any atom is 0.409 e. The summed E-state index contributed by atoms with van der Waals surface area (Å²) >= 11 is 1.41. The van der Waals surface area contributed by atoms with Gasteiger partial charge in [0.1, 0.15) is 11.3 Å². The lowest BCUT2D eigenvalue weighted by molar-refractivity contribution is 0.0933. The van der Waals surface area contributed by atoms with Gasteiger partial charge in [0.15, 0.2) is 4.80 Å². The first-order valence-corrected chi connectivity index (χ1v) is 14.2. The van der Waals surface area contributed by atoms with E-state index in [0.29, 0.717) is 17.1 Å². The van der Waals surface area contributed by atoms with Crippen LogP contribution < -0.4 is 9.54 Å². The van der Waals surface area contributed by atoms with Crippen molar-refractivity contribution in [2.45, 2.75) is 32.2 Å². The predicted octanol–water partition coefficient (Wildman–Crippen LogP) is 3.24. The van der Waals surface area contributed by atoms with Crippen LogP contribution in [0.2, 0.25) is 0 Å². The number of benzene rings is 2. The minimum absolute atomic E-state index is 0.0829. The number of methoxy groups -OCH3 is 1. The summed E-state index contributed by atoms with van der Waals surface area (Å²) < 4.78 is 41.0. The van der Waals surface area contributed by atoms with E-state index in [0.717, 1.165) is 15.8 Å². The van der Waals surface area contributed by atoms with Crippen LogP contribution in [-0.2, 0) is 21.3 Å². The van der Waals surface area contributed by atoms with E-state index in [2.05, 4.69) is 4.99 Å². The van der Waals surface area contributed by atoms with Crippen LogP contribution in [-0.4, -0.2) is 74.1 Å². The predicted molar refractivity (Wildman–Crippen MR) is 140 cm³/mol. The van der Waals surface area contributed by atoms with Crippen LogP contribution in [0.15, 0.2) is 46.3 Å². The van der Waals surface area contributed by atoms with E-state index in [1.165, 1.54) is 44.8 Å². The molecule has 1 fully saturated rings. The van der Waals surface area contributed by atoms with Crippen LogP contribution in [0.4, 0.5) is 4.79 Å². The van der Waals surface area contributed by atoms with Gasteiger partial charge in [0.2, 0.25) is 10.0 Å². The number of hydrogen-bond donors (Lipinski definition) is 0. The fourth-order valence-electron chi connectivity index (χ4n) is 4.22. The van der Waals surface area contributed by atoms with Gasteiger partial charge in [-0.15, -0.1) is 0 Å². The lowest BCUT2D eigenvalue weighted by Gasteiger charge is -2.33. The Bertz CT molecular complexity index is 1480. The summed E-state index contributed by atoms with van der Waals surface area (Å²) in [5.41, 5.74) is 2.25. The molecule has 1 saturated heterocycles. The Hall–Kier alpha value is -3.22. The second-order valence-corrected chi connectivity index (χ2v) is 11.3. The van der Waals surface area contributed by atoms with Crippen molar-refractivity contribution < 1.29 is 27.5 Å². The summed E-state index contributed by atoms with van der Waals surface area (Å²) in [5.74, 6) is 0.252. The SMILES string of the molecule is CCOC(=O)N1CCN(S(=O)(=O)c2ccc(C(=O)N=c3sc4c(C)ccc(OC)c4n3CC)cc2)CC1. The van der Waals surface area contributed by atoms with E-state index >= 15 is 0 Å². The Kier molecular flexibility index (Phi) is 8.00. The Morgan fingerprint density at radius 1 is 1.03 bits per heavy atom. The number of aryl methyl sites for hydroxylation is 2. The van der Waals surface area contributed by atoms with Crippen molar-refractivity contribution in [2.24, 2.45) is 4.99 Å². The fourth-order valence-corrected chi connectivity index (χ4v) is 6.82. The number of aromatic nitrogens is 1. The smallest absolute Gasteiger partial charge is 0.409 e. The molecule has 10 nitrogen and oxygen atoms in total. The molecule has 4 rings (SSSR count). The molecule has 1 aliphatic heterocycles. The van der Waals surface area contributed by atoms with Gasteiger partial charge in [-0.25, -0.2) is 13.2 Å². The number of sulfonamides is 1. The molecule has 2 amide bonds. The molecule has 198 valence electrons. The summed E-state index contributed by atoms with van der Waals surface area (Å²) in [5, 5.41) is 0. The van der Waals surface area contributed by atoms with E-state index in [1.807, 2.05) is 30.5 Å². The topological polar surface area (TPSA) is 111 Å². The van der Waals surface area contributed by atoms with Crippen LogP contribution in [0.1, 0.15) is 29.8 Å². The molecule has 0 atom stereocenters. The van der Waals surface area contributed by atoms with Gasteiger partial charge in [-0.05, 0) is 56.7 Å². The number of ether oxygens (including phenoxy) is 2. The zero-order valence-corrected chi connectivity index (χ0v) is 22.9. The molecule has 12 heteroatoms. The zero-order valence-electron chi connectivity index (χ0n) is 21.3. The molecule has 2 aromatic carbocycles. The van der Waals surface area contributed by atoms with Gasteiger partial charge < -0.3 is 18.9 Å². The highest BCUT2D eigenvalue weighted by Gasteiger charge is 2.30. The Morgan fingerprint density at radius 3 is 2.30 bits per heavy atom.